The number of allylic oxidation sites excluding steroid dienone is 2. The molecule has 11 heteroatoms. The van der Waals surface area contributed by atoms with E-state index in [2.05, 4.69) is 59.0 Å². The summed E-state index contributed by atoms with van der Waals surface area (Å²) in [5.41, 5.74) is 7.12. The van der Waals surface area contributed by atoms with E-state index in [1.807, 2.05) is 49.8 Å². The predicted octanol–water partition coefficient (Wildman–Crippen LogP) is 7.87. The van der Waals surface area contributed by atoms with Crippen molar-refractivity contribution in [3.8, 4) is 28.7 Å². The van der Waals surface area contributed by atoms with E-state index in [0.29, 0.717) is 36.4 Å². The number of ketones is 1. The normalized spacial score (nSPS) is 16.6. The number of phenolic OH excluding ortho intramolecular Hbond substituents is 3. The van der Waals surface area contributed by atoms with Gasteiger partial charge >= 0.3 is 0 Å². The molecule has 0 bridgehead atoms. The summed E-state index contributed by atoms with van der Waals surface area (Å²) < 4.78 is 11.8. The van der Waals surface area contributed by atoms with Crippen LogP contribution in [0.3, 0.4) is 0 Å². The largest absolute Gasteiger partial charge is 0.508 e. The summed E-state index contributed by atoms with van der Waals surface area (Å²) in [6.45, 7) is 4.61. The Balaban J connectivity index is 1.27. The number of methoxy groups -OCH3 is 1. The first-order valence-electron chi connectivity index (χ1n) is 21.7. The minimum absolute atomic E-state index is 0.0217. The van der Waals surface area contributed by atoms with E-state index in [4.69, 9.17) is 9.47 Å². The lowest BCUT2D eigenvalue weighted by atomic mass is 9.69. The molecule has 0 fully saturated rings. The van der Waals surface area contributed by atoms with Crippen molar-refractivity contribution in [2.75, 3.05) is 27.4 Å². The number of nitrogens with one attached hydrogen (secondary N) is 3. The molecule has 63 heavy (non-hydrogen) atoms. The van der Waals surface area contributed by atoms with Gasteiger partial charge in [-0.05, 0) is 125 Å². The van der Waals surface area contributed by atoms with Gasteiger partial charge in [-0.2, -0.15) is 0 Å². The molecule has 8 N–H and O–H groups in total. The number of rotatable bonds is 20. The number of ether oxygens (including phenoxy) is 2. The van der Waals surface area contributed by atoms with Crippen molar-refractivity contribution in [2.45, 2.75) is 76.0 Å². The summed E-state index contributed by atoms with van der Waals surface area (Å²) in [4.78, 5) is 18.1. The van der Waals surface area contributed by atoms with Crippen molar-refractivity contribution in [1.82, 2.24) is 15.6 Å². The van der Waals surface area contributed by atoms with Crippen LogP contribution in [-0.2, 0) is 30.6 Å². The summed E-state index contributed by atoms with van der Waals surface area (Å²) in [5.74, 6) is -1.55. The zero-order valence-electron chi connectivity index (χ0n) is 36.3. The molecule has 0 saturated heterocycles. The fourth-order valence-electron chi connectivity index (χ4n) is 9.31. The number of aryl methyl sites for hydroxylation is 1. The van der Waals surface area contributed by atoms with E-state index in [1.54, 1.807) is 44.4 Å². The molecule has 330 valence electrons. The van der Waals surface area contributed by atoms with Crippen molar-refractivity contribution in [3.05, 3.63) is 160 Å². The van der Waals surface area contributed by atoms with Crippen LogP contribution in [0.15, 0.2) is 116 Å². The molecule has 0 spiro atoms. The lowest BCUT2D eigenvalue weighted by Crippen LogP contribution is -2.33. The molecule has 0 saturated carbocycles. The second-order valence-corrected chi connectivity index (χ2v) is 16.7. The third-order valence-electron chi connectivity index (χ3n) is 12.3. The zero-order chi connectivity index (χ0) is 44.6. The first-order chi connectivity index (χ1) is 30.5. The molecule has 1 aliphatic carbocycles. The Labute approximate surface area is 369 Å². The highest BCUT2D eigenvalue weighted by atomic mass is 16.5. The van der Waals surface area contributed by atoms with Crippen LogP contribution in [0.4, 0.5) is 0 Å². The number of hydrogen-bond acceptors (Lipinski definition) is 10. The number of fused-ring (bicyclic) bond motifs is 2. The molecular weight excluding hydrogens is 795 g/mol. The van der Waals surface area contributed by atoms with Crippen molar-refractivity contribution >= 4 is 16.6 Å². The Morgan fingerprint density at radius 3 is 2.41 bits per heavy atom. The maximum Gasteiger partial charge on any atom is 0.164 e. The van der Waals surface area contributed by atoms with Gasteiger partial charge in [-0.15, -0.1) is 0 Å². The Morgan fingerprint density at radius 2 is 1.67 bits per heavy atom. The lowest BCUT2D eigenvalue weighted by molar-refractivity contribution is -0.123. The number of phenols is 3. The van der Waals surface area contributed by atoms with Crippen LogP contribution in [-0.4, -0.2) is 75.9 Å². The van der Waals surface area contributed by atoms with Crippen LogP contribution in [0.2, 0.25) is 0 Å². The molecule has 0 aliphatic heterocycles. The fraction of sp³-hybridized carbons (Fsp3) is 0.327. The second kappa shape index (κ2) is 20.4. The number of carbonyl (C=O) groups excluding carboxylic acids is 1. The molecule has 6 atom stereocenters. The molecular formula is C52H59N3O8. The van der Waals surface area contributed by atoms with Crippen molar-refractivity contribution in [2.24, 2.45) is 5.92 Å². The molecule has 0 unspecified atom stereocenters. The number of aliphatic hydroxyl groups is 2. The molecule has 7 rings (SSSR count). The SMILES string of the molecule is CCc1ccc2ccccc2c1[C@H]1C=C[C@@H]([C@H](Cc2cc[nH]c2)[C@H](O)CC(=O)[C@H](Cc2ccc(O)c(OCNC[C@H](C)O)c2)c2cc(O)cc(CNC)c2)c2ccc(O)c(OC)c21. The average Bonchev–Trinajstić information content (AvgIpc) is 3.79. The van der Waals surface area contributed by atoms with E-state index in [1.165, 1.54) is 11.6 Å². The number of carbonyl (C=O) groups is 1. The Hall–Kier alpha value is -6.11. The van der Waals surface area contributed by atoms with Crippen LogP contribution in [0.25, 0.3) is 10.8 Å². The summed E-state index contributed by atoms with van der Waals surface area (Å²) >= 11 is 0. The Bertz CT molecular complexity index is 2530. The number of aromatic hydroxyl groups is 3. The number of Topliss-reactive ketones (excluding diaryl/α,β-unsaturated/α-hetero) is 1. The van der Waals surface area contributed by atoms with Crippen molar-refractivity contribution < 1.29 is 39.8 Å². The molecule has 11 nitrogen and oxygen atoms in total. The summed E-state index contributed by atoms with van der Waals surface area (Å²) in [6, 6.07) is 28.3. The van der Waals surface area contributed by atoms with Crippen LogP contribution in [0.1, 0.15) is 82.5 Å². The number of benzene rings is 5. The van der Waals surface area contributed by atoms with E-state index >= 15 is 0 Å². The fourth-order valence-corrected chi connectivity index (χ4v) is 9.31. The van der Waals surface area contributed by atoms with E-state index in [9.17, 15) is 30.3 Å². The number of aliphatic hydroxyl groups excluding tert-OH is 2. The van der Waals surface area contributed by atoms with E-state index in [0.717, 1.165) is 45.0 Å². The van der Waals surface area contributed by atoms with Gasteiger partial charge in [0.15, 0.2) is 23.0 Å². The van der Waals surface area contributed by atoms with Crippen molar-refractivity contribution in [1.29, 1.82) is 0 Å². The highest BCUT2D eigenvalue weighted by molar-refractivity contribution is 5.89. The Kier molecular flexibility index (Phi) is 14.5. The van der Waals surface area contributed by atoms with Gasteiger partial charge in [0.05, 0.1) is 19.3 Å². The molecule has 1 aromatic heterocycles. The summed E-state index contributed by atoms with van der Waals surface area (Å²) in [6.07, 6.45) is 7.63. The number of aromatic nitrogens is 1. The monoisotopic (exact) mass is 853 g/mol. The van der Waals surface area contributed by atoms with Gasteiger partial charge in [-0.1, -0.05) is 73.7 Å². The number of H-pyrrole nitrogens is 1. The molecule has 5 aromatic carbocycles. The molecule has 0 radical (unpaired) electrons. The third kappa shape index (κ3) is 10.2. The van der Waals surface area contributed by atoms with Crippen LogP contribution < -0.4 is 20.1 Å². The highest BCUT2D eigenvalue weighted by Gasteiger charge is 2.38. The Morgan fingerprint density at radius 1 is 0.857 bits per heavy atom. The van der Waals surface area contributed by atoms with Gasteiger partial charge in [0.1, 0.15) is 18.3 Å². The van der Waals surface area contributed by atoms with Gasteiger partial charge < -0.3 is 45.3 Å². The van der Waals surface area contributed by atoms with Gasteiger partial charge in [0.2, 0.25) is 0 Å². The molecule has 1 aliphatic rings. The van der Waals surface area contributed by atoms with Gasteiger partial charge in [0, 0.05) is 55.2 Å². The summed E-state index contributed by atoms with van der Waals surface area (Å²) in [7, 11) is 3.37. The van der Waals surface area contributed by atoms with Gasteiger partial charge in [0.25, 0.3) is 0 Å². The maximum atomic E-state index is 14.9. The predicted molar refractivity (Wildman–Crippen MR) is 246 cm³/mol. The van der Waals surface area contributed by atoms with E-state index in [-0.39, 0.29) is 60.2 Å². The third-order valence-corrected chi connectivity index (χ3v) is 12.3. The smallest absolute Gasteiger partial charge is 0.164 e. The first kappa shape index (κ1) is 44.9. The number of hydrogen-bond donors (Lipinski definition) is 8. The molecule has 0 amide bonds. The lowest BCUT2D eigenvalue weighted by Gasteiger charge is -2.36. The number of aromatic amines is 1. The zero-order valence-corrected chi connectivity index (χ0v) is 36.3. The van der Waals surface area contributed by atoms with Gasteiger partial charge in [-0.3, -0.25) is 10.1 Å². The van der Waals surface area contributed by atoms with Crippen molar-refractivity contribution in [3.63, 3.8) is 0 Å². The quantitative estimate of drug-likeness (QED) is 0.0214. The first-order valence-corrected chi connectivity index (χ1v) is 21.7. The second-order valence-electron chi connectivity index (χ2n) is 16.7. The minimum Gasteiger partial charge on any atom is -0.508 e. The van der Waals surface area contributed by atoms with Crippen LogP contribution in [0.5, 0.6) is 28.7 Å². The maximum absolute atomic E-state index is 14.9. The summed E-state index contributed by atoms with van der Waals surface area (Å²) in [5, 5.41) is 63.3. The minimum atomic E-state index is -1.12. The van der Waals surface area contributed by atoms with Gasteiger partial charge in [-0.25, -0.2) is 0 Å². The van der Waals surface area contributed by atoms with E-state index < -0.39 is 24.0 Å². The standard InChI is InChI=1S/C52H59N3O8/c1-5-35-11-12-36-8-6-7-9-39(36)50(35)42-14-13-40(41-15-17-46(59)52(62-4)51(41)42)44(23-33-18-19-54-29-33)48(61)26-47(60)43(37-20-34(28-53-3)21-38(57)25-37)22-32-10-16-45(58)49(24-32)63-30-55-27-31(2)56/h6-21,24-25,29,31,40,42-44,48,53-59,61H,5,22-23,26-28,30H2,1-4H3/t31-,40+,42+,43+,44-,48+/m0/s1. The average molecular weight is 854 g/mol. The molecule has 1 heterocycles. The topological polar surface area (TPSA) is 177 Å². The molecule has 6 aromatic rings. The van der Waals surface area contributed by atoms with Crippen LogP contribution in [0, 0.1) is 5.92 Å². The highest BCUT2D eigenvalue weighted by Crippen LogP contribution is 2.51. The van der Waals surface area contributed by atoms with Crippen LogP contribution >= 0.6 is 0 Å².